The maximum Gasteiger partial charge on any atom is 0.410 e. The summed E-state index contributed by atoms with van der Waals surface area (Å²) in [5, 5.41) is 7.14. The van der Waals surface area contributed by atoms with Crippen molar-refractivity contribution < 1.29 is 14.3 Å². The number of nitrogens with zero attached hydrogens (tertiary/aromatic N) is 3. The summed E-state index contributed by atoms with van der Waals surface area (Å²) >= 11 is 1.67. The number of hydrogen-bond acceptors (Lipinski definition) is 5. The lowest BCUT2D eigenvalue weighted by Gasteiger charge is -2.37. The van der Waals surface area contributed by atoms with Crippen LogP contribution < -0.4 is 0 Å². The van der Waals surface area contributed by atoms with Crippen molar-refractivity contribution in [1.82, 2.24) is 20.0 Å². The molecule has 8 heteroatoms. The lowest BCUT2D eigenvalue weighted by atomic mass is 9.91. The predicted octanol–water partition coefficient (Wildman–Crippen LogP) is 2.50. The zero-order chi connectivity index (χ0) is 17.6. The molecule has 2 fully saturated rings. The molecule has 4 rings (SSSR count). The summed E-state index contributed by atoms with van der Waals surface area (Å²) in [6, 6.07) is 5.88. The van der Waals surface area contributed by atoms with Gasteiger partial charge < -0.3 is 14.5 Å². The Bertz CT molecular complexity index is 819. The monoisotopic (exact) mass is 360 g/mol. The molecular weight excluding hydrogens is 340 g/mol. The zero-order valence-electron chi connectivity index (χ0n) is 14.2. The lowest BCUT2D eigenvalue weighted by molar-refractivity contribution is 0.00300. The average molecular weight is 360 g/mol. The quantitative estimate of drug-likeness (QED) is 0.892. The van der Waals surface area contributed by atoms with E-state index in [1.807, 2.05) is 19.1 Å². The van der Waals surface area contributed by atoms with Crippen LogP contribution in [0.2, 0.25) is 0 Å². The van der Waals surface area contributed by atoms with Crippen LogP contribution >= 0.6 is 11.3 Å². The summed E-state index contributed by atoms with van der Waals surface area (Å²) in [6.07, 6.45) is 1.05. The van der Waals surface area contributed by atoms with Gasteiger partial charge in [0.05, 0.1) is 17.1 Å². The van der Waals surface area contributed by atoms with Gasteiger partial charge in [0.1, 0.15) is 5.60 Å². The van der Waals surface area contributed by atoms with E-state index in [4.69, 9.17) is 4.74 Å². The van der Waals surface area contributed by atoms with Crippen LogP contribution in [0.5, 0.6) is 0 Å². The molecule has 0 unspecified atom stereocenters. The zero-order valence-corrected chi connectivity index (χ0v) is 15.1. The first kappa shape index (κ1) is 16.1. The van der Waals surface area contributed by atoms with Gasteiger partial charge in [0.15, 0.2) is 5.69 Å². The number of likely N-dealkylation sites (N-methyl/N-ethyl adjacent to an activating group) is 1. The summed E-state index contributed by atoms with van der Waals surface area (Å²) < 4.78 is 5.53. The van der Waals surface area contributed by atoms with Gasteiger partial charge in [0.2, 0.25) is 0 Å². The Kier molecular flexibility index (Phi) is 3.79. The highest BCUT2D eigenvalue weighted by molar-refractivity contribution is 7.15. The second kappa shape index (κ2) is 5.87. The smallest absolute Gasteiger partial charge is 0.410 e. The maximum absolute atomic E-state index is 12.7. The Hall–Kier alpha value is -2.35. The van der Waals surface area contributed by atoms with Gasteiger partial charge in [-0.2, -0.15) is 5.10 Å². The van der Waals surface area contributed by atoms with Crippen LogP contribution in [0.3, 0.4) is 0 Å². The number of amides is 2. The van der Waals surface area contributed by atoms with Crippen molar-refractivity contribution in [3.63, 3.8) is 0 Å². The molecule has 2 aromatic heterocycles. The fourth-order valence-electron chi connectivity index (χ4n) is 3.47. The van der Waals surface area contributed by atoms with Crippen LogP contribution in [-0.4, -0.2) is 64.3 Å². The molecule has 4 heterocycles. The van der Waals surface area contributed by atoms with Crippen molar-refractivity contribution in [3.8, 4) is 10.6 Å². The fourth-order valence-corrected chi connectivity index (χ4v) is 4.30. The first-order valence-corrected chi connectivity index (χ1v) is 9.13. The molecule has 0 saturated carbocycles. The molecule has 2 aliphatic rings. The molecule has 25 heavy (non-hydrogen) atoms. The second-order valence-corrected chi connectivity index (χ2v) is 8.06. The Labute approximate surface area is 149 Å². The molecule has 0 bridgehead atoms. The van der Waals surface area contributed by atoms with Gasteiger partial charge in [-0.25, -0.2) is 4.79 Å². The second-order valence-electron chi connectivity index (χ2n) is 6.78. The van der Waals surface area contributed by atoms with E-state index in [0.717, 1.165) is 10.6 Å². The van der Waals surface area contributed by atoms with E-state index in [1.54, 1.807) is 34.3 Å². The van der Waals surface area contributed by atoms with E-state index in [2.05, 4.69) is 10.2 Å². The molecule has 2 aromatic rings. The number of nitrogens with one attached hydrogen (secondary N) is 1. The number of ether oxygens (including phenoxy) is 1. The summed E-state index contributed by atoms with van der Waals surface area (Å²) in [7, 11) is 1.74. The molecule has 1 N–H and O–H groups in total. The summed E-state index contributed by atoms with van der Waals surface area (Å²) in [5.74, 6) is -0.0803. The van der Waals surface area contributed by atoms with Crippen LogP contribution in [-0.2, 0) is 4.74 Å². The minimum absolute atomic E-state index is 0.0803. The largest absolute Gasteiger partial charge is 0.441 e. The Morgan fingerprint density at radius 1 is 1.36 bits per heavy atom. The van der Waals surface area contributed by atoms with Gasteiger partial charge in [-0.15, -0.1) is 11.3 Å². The number of piperidine rings is 1. The number of rotatable bonds is 2. The van der Waals surface area contributed by atoms with Crippen LogP contribution in [0.25, 0.3) is 10.6 Å². The van der Waals surface area contributed by atoms with Gasteiger partial charge in [0, 0.05) is 37.9 Å². The van der Waals surface area contributed by atoms with Crippen molar-refractivity contribution >= 4 is 23.3 Å². The lowest BCUT2D eigenvalue weighted by Crippen LogP contribution is -2.48. The van der Waals surface area contributed by atoms with Crippen LogP contribution in [0.1, 0.15) is 28.2 Å². The molecule has 2 saturated heterocycles. The van der Waals surface area contributed by atoms with Crippen LogP contribution in [0.4, 0.5) is 4.79 Å². The number of aromatic amines is 1. The van der Waals surface area contributed by atoms with E-state index < -0.39 is 5.60 Å². The normalized spacial score (nSPS) is 19.5. The fraction of sp³-hybridized carbons (Fsp3) is 0.471. The first-order chi connectivity index (χ1) is 12.0. The van der Waals surface area contributed by atoms with Gasteiger partial charge in [0.25, 0.3) is 5.91 Å². The third-order valence-electron chi connectivity index (χ3n) is 4.91. The standard InChI is InChI=1S/C17H20N4O3S/c1-11-3-4-14(25-11)12-9-13(19-18-12)15(22)21-7-5-17(6-8-21)10-20(2)16(23)24-17/h3-4,9H,5-8,10H2,1-2H3,(H,18,19). The van der Waals surface area contributed by atoms with Crippen molar-refractivity contribution in [2.45, 2.75) is 25.4 Å². The number of carbonyl (C=O) groups is 2. The summed E-state index contributed by atoms with van der Waals surface area (Å²) in [6.45, 7) is 3.78. The molecule has 0 aliphatic carbocycles. The number of likely N-dealkylation sites (tertiary alicyclic amines) is 1. The minimum atomic E-state index is -0.437. The number of aromatic nitrogens is 2. The summed E-state index contributed by atoms with van der Waals surface area (Å²) in [5.41, 5.74) is 0.854. The maximum atomic E-state index is 12.7. The number of carbonyl (C=O) groups excluding carboxylic acids is 2. The van der Waals surface area contributed by atoms with Crippen molar-refractivity contribution in [1.29, 1.82) is 0 Å². The molecule has 7 nitrogen and oxygen atoms in total. The van der Waals surface area contributed by atoms with Gasteiger partial charge in [-0.3, -0.25) is 9.89 Å². The average Bonchev–Trinajstić information content (AvgIpc) is 3.28. The third-order valence-corrected chi connectivity index (χ3v) is 5.94. The Morgan fingerprint density at radius 3 is 2.72 bits per heavy atom. The van der Waals surface area contributed by atoms with Crippen LogP contribution in [0, 0.1) is 6.92 Å². The molecule has 2 aliphatic heterocycles. The number of H-pyrrole nitrogens is 1. The molecule has 0 aromatic carbocycles. The Balaban J connectivity index is 1.43. The molecule has 0 radical (unpaired) electrons. The Morgan fingerprint density at radius 2 is 2.12 bits per heavy atom. The molecular formula is C17H20N4O3S. The van der Waals surface area contributed by atoms with Crippen molar-refractivity contribution in [3.05, 3.63) is 28.8 Å². The highest BCUT2D eigenvalue weighted by Gasteiger charge is 2.46. The molecule has 1 spiro atoms. The highest BCUT2D eigenvalue weighted by Crippen LogP contribution is 2.33. The topological polar surface area (TPSA) is 78.5 Å². The molecule has 2 amide bonds. The number of thiophene rings is 1. The van der Waals surface area contributed by atoms with Crippen molar-refractivity contribution in [2.75, 3.05) is 26.7 Å². The van der Waals surface area contributed by atoms with Gasteiger partial charge >= 0.3 is 6.09 Å². The number of aryl methyl sites for hydroxylation is 1. The first-order valence-electron chi connectivity index (χ1n) is 8.31. The third kappa shape index (κ3) is 2.90. The van der Waals surface area contributed by atoms with E-state index >= 15 is 0 Å². The summed E-state index contributed by atoms with van der Waals surface area (Å²) in [4.78, 5) is 30.0. The SMILES string of the molecule is Cc1ccc(-c2cc(C(=O)N3CCC4(CC3)CN(C)C(=O)O4)n[nH]2)s1. The van der Waals surface area contributed by atoms with E-state index in [9.17, 15) is 9.59 Å². The predicted molar refractivity (Wildman–Crippen MR) is 93.6 cm³/mol. The molecule has 0 atom stereocenters. The van der Waals surface area contributed by atoms with E-state index in [1.165, 1.54) is 4.88 Å². The highest BCUT2D eigenvalue weighted by atomic mass is 32.1. The minimum Gasteiger partial charge on any atom is -0.441 e. The van der Waals surface area contributed by atoms with E-state index in [-0.39, 0.29) is 12.0 Å². The van der Waals surface area contributed by atoms with Gasteiger partial charge in [-0.05, 0) is 25.1 Å². The molecule has 132 valence electrons. The van der Waals surface area contributed by atoms with Gasteiger partial charge in [-0.1, -0.05) is 0 Å². The number of hydrogen-bond donors (Lipinski definition) is 1. The van der Waals surface area contributed by atoms with E-state index in [0.29, 0.717) is 38.2 Å². The van der Waals surface area contributed by atoms with Crippen LogP contribution in [0.15, 0.2) is 18.2 Å². The van der Waals surface area contributed by atoms with Crippen molar-refractivity contribution in [2.24, 2.45) is 0 Å².